The van der Waals surface area contributed by atoms with Gasteiger partial charge in [0.15, 0.2) is 0 Å². The van der Waals surface area contributed by atoms with Crippen LogP contribution in [-0.2, 0) is 9.53 Å². The molecule has 0 radical (unpaired) electrons. The maximum Gasteiger partial charge on any atom is 0.219 e. The summed E-state index contributed by atoms with van der Waals surface area (Å²) in [7, 11) is 1.73. The van der Waals surface area contributed by atoms with Crippen LogP contribution in [0.4, 0.5) is 0 Å². The first-order chi connectivity index (χ1) is 6.24. The van der Waals surface area contributed by atoms with Crippen LogP contribution in [-0.4, -0.2) is 37.6 Å². The molecule has 1 saturated heterocycles. The first-order valence-corrected chi connectivity index (χ1v) is 4.98. The molecule has 3 nitrogen and oxygen atoms in total. The molecule has 0 unspecified atom stereocenters. The predicted octanol–water partition coefficient (Wildman–Crippen LogP) is 1.28. The Bertz CT molecular complexity index is 170. The van der Waals surface area contributed by atoms with E-state index in [0.29, 0.717) is 5.92 Å². The summed E-state index contributed by atoms with van der Waals surface area (Å²) in [4.78, 5) is 13.1. The number of rotatable bonds is 3. The molecule has 0 aromatic carbocycles. The third-order valence-electron chi connectivity index (χ3n) is 2.69. The van der Waals surface area contributed by atoms with E-state index in [2.05, 4.69) is 0 Å². The average molecular weight is 185 g/mol. The molecule has 1 atom stereocenters. The van der Waals surface area contributed by atoms with Crippen molar-refractivity contribution in [1.29, 1.82) is 0 Å². The number of amides is 1. The SMILES string of the molecule is COCC[C@@H]1CCCN(C(C)=O)C1. The second-order valence-electron chi connectivity index (χ2n) is 3.75. The van der Waals surface area contributed by atoms with E-state index >= 15 is 0 Å². The van der Waals surface area contributed by atoms with Crippen molar-refractivity contribution >= 4 is 5.91 Å². The normalized spacial score (nSPS) is 23.2. The molecular formula is C10H19NO2. The molecule has 1 aliphatic rings. The molecular weight excluding hydrogens is 166 g/mol. The number of methoxy groups -OCH3 is 1. The van der Waals surface area contributed by atoms with Gasteiger partial charge in [-0.05, 0) is 25.2 Å². The number of hydrogen-bond acceptors (Lipinski definition) is 2. The Morgan fingerprint density at radius 1 is 1.62 bits per heavy atom. The average Bonchev–Trinajstić information content (AvgIpc) is 2.15. The van der Waals surface area contributed by atoms with Crippen LogP contribution in [0.2, 0.25) is 0 Å². The van der Waals surface area contributed by atoms with Crippen molar-refractivity contribution in [3.8, 4) is 0 Å². The van der Waals surface area contributed by atoms with Crippen LogP contribution >= 0.6 is 0 Å². The Hall–Kier alpha value is -0.570. The minimum atomic E-state index is 0.210. The molecule has 0 saturated carbocycles. The van der Waals surface area contributed by atoms with E-state index in [1.165, 1.54) is 6.42 Å². The highest BCUT2D eigenvalue weighted by atomic mass is 16.5. The highest BCUT2D eigenvalue weighted by molar-refractivity contribution is 5.73. The molecule has 0 bridgehead atoms. The lowest BCUT2D eigenvalue weighted by Gasteiger charge is -2.31. The van der Waals surface area contributed by atoms with Crippen molar-refractivity contribution in [1.82, 2.24) is 4.90 Å². The number of piperidine rings is 1. The topological polar surface area (TPSA) is 29.5 Å². The van der Waals surface area contributed by atoms with E-state index in [9.17, 15) is 4.79 Å². The maximum absolute atomic E-state index is 11.1. The Kier molecular flexibility index (Phi) is 4.22. The fraction of sp³-hybridized carbons (Fsp3) is 0.900. The van der Waals surface area contributed by atoms with Crippen LogP contribution in [0.3, 0.4) is 0 Å². The first kappa shape index (κ1) is 10.5. The van der Waals surface area contributed by atoms with Crippen LogP contribution in [0.1, 0.15) is 26.2 Å². The molecule has 1 rings (SSSR count). The Morgan fingerprint density at radius 3 is 3.00 bits per heavy atom. The minimum absolute atomic E-state index is 0.210. The minimum Gasteiger partial charge on any atom is -0.385 e. The number of ether oxygens (including phenoxy) is 1. The van der Waals surface area contributed by atoms with Gasteiger partial charge >= 0.3 is 0 Å². The summed E-state index contributed by atoms with van der Waals surface area (Å²) < 4.78 is 5.04. The van der Waals surface area contributed by atoms with Crippen molar-refractivity contribution in [2.45, 2.75) is 26.2 Å². The number of nitrogens with zero attached hydrogens (tertiary/aromatic N) is 1. The van der Waals surface area contributed by atoms with E-state index in [1.54, 1.807) is 14.0 Å². The molecule has 1 amide bonds. The molecule has 1 fully saturated rings. The van der Waals surface area contributed by atoms with Gasteiger partial charge < -0.3 is 9.64 Å². The summed E-state index contributed by atoms with van der Waals surface area (Å²) in [5.41, 5.74) is 0. The highest BCUT2D eigenvalue weighted by Crippen LogP contribution is 2.19. The van der Waals surface area contributed by atoms with Crippen molar-refractivity contribution in [2.75, 3.05) is 26.8 Å². The van der Waals surface area contributed by atoms with E-state index in [4.69, 9.17) is 4.74 Å². The zero-order valence-corrected chi connectivity index (χ0v) is 8.58. The van der Waals surface area contributed by atoms with Gasteiger partial charge in [-0.25, -0.2) is 0 Å². The smallest absolute Gasteiger partial charge is 0.219 e. The Labute approximate surface area is 80.1 Å². The second-order valence-corrected chi connectivity index (χ2v) is 3.75. The summed E-state index contributed by atoms with van der Waals surface area (Å²) in [6, 6.07) is 0. The molecule has 1 aliphatic heterocycles. The third-order valence-corrected chi connectivity index (χ3v) is 2.69. The zero-order chi connectivity index (χ0) is 9.68. The number of likely N-dealkylation sites (tertiary alicyclic amines) is 1. The van der Waals surface area contributed by atoms with Gasteiger partial charge in [0.25, 0.3) is 0 Å². The van der Waals surface area contributed by atoms with Crippen LogP contribution < -0.4 is 0 Å². The van der Waals surface area contributed by atoms with Gasteiger partial charge in [0, 0.05) is 33.7 Å². The van der Waals surface area contributed by atoms with Crippen LogP contribution in [0.25, 0.3) is 0 Å². The molecule has 0 aromatic heterocycles. The van der Waals surface area contributed by atoms with E-state index < -0.39 is 0 Å². The van der Waals surface area contributed by atoms with Crippen molar-refractivity contribution < 1.29 is 9.53 Å². The summed E-state index contributed by atoms with van der Waals surface area (Å²) in [6.07, 6.45) is 3.47. The first-order valence-electron chi connectivity index (χ1n) is 4.98. The number of hydrogen-bond donors (Lipinski definition) is 0. The van der Waals surface area contributed by atoms with E-state index in [0.717, 1.165) is 32.5 Å². The second kappa shape index (κ2) is 5.22. The van der Waals surface area contributed by atoms with Gasteiger partial charge in [0.05, 0.1) is 0 Å². The summed E-state index contributed by atoms with van der Waals surface area (Å²) in [5.74, 6) is 0.861. The quantitative estimate of drug-likeness (QED) is 0.663. The lowest BCUT2D eigenvalue weighted by molar-refractivity contribution is -0.130. The van der Waals surface area contributed by atoms with E-state index in [1.807, 2.05) is 4.90 Å². The van der Waals surface area contributed by atoms with Gasteiger partial charge in [0.2, 0.25) is 5.91 Å². The molecule has 3 heteroatoms. The summed E-state index contributed by atoms with van der Waals surface area (Å²) in [5, 5.41) is 0. The van der Waals surface area contributed by atoms with E-state index in [-0.39, 0.29) is 5.91 Å². The van der Waals surface area contributed by atoms with Crippen molar-refractivity contribution in [2.24, 2.45) is 5.92 Å². The van der Waals surface area contributed by atoms with Gasteiger partial charge in [-0.15, -0.1) is 0 Å². The zero-order valence-electron chi connectivity index (χ0n) is 8.58. The lowest BCUT2D eigenvalue weighted by atomic mass is 9.95. The largest absolute Gasteiger partial charge is 0.385 e. The molecule has 1 heterocycles. The molecule has 0 spiro atoms. The summed E-state index contributed by atoms with van der Waals surface area (Å²) in [6.45, 7) is 4.34. The van der Waals surface area contributed by atoms with Crippen LogP contribution in [0, 0.1) is 5.92 Å². The standard InChI is InChI=1S/C10H19NO2/c1-9(12)11-6-3-4-10(8-11)5-7-13-2/h10H,3-8H2,1-2H3/t10-/m0/s1. The van der Waals surface area contributed by atoms with Gasteiger partial charge in [0.1, 0.15) is 0 Å². The molecule has 0 aliphatic carbocycles. The fourth-order valence-corrected chi connectivity index (χ4v) is 1.87. The fourth-order valence-electron chi connectivity index (χ4n) is 1.87. The molecule has 13 heavy (non-hydrogen) atoms. The monoisotopic (exact) mass is 185 g/mol. The van der Waals surface area contributed by atoms with Gasteiger partial charge in [-0.3, -0.25) is 4.79 Å². The molecule has 0 aromatic rings. The van der Waals surface area contributed by atoms with Crippen molar-refractivity contribution in [3.05, 3.63) is 0 Å². The highest BCUT2D eigenvalue weighted by Gasteiger charge is 2.20. The predicted molar refractivity (Wildman–Crippen MR) is 51.5 cm³/mol. The number of carbonyl (C=O) groups is 1. The van der Waals surface area contributed by atoms with Gasteiger partial charge in [-0.2, -0.15) is 0 Å². The molecule has 0 N–H and O–H groups in total. The maximum atomic E-state index is 11.1. The molecule has 76 valence electrons. The Morgan fingerprint density at radius 2 is 2.38 bits per heavy atom. The lowest BCUT2D eigenvalue weighted by Crippen LogP contribution is -2.38. The Balaban J connectivity index is 2.29. The number of carbonyl (C=O) groups excluding carboxylic acids is 1. The van der Waals surface area contributed by atoms with Crippen LogP contribution in [0.15, 0.2) is 0 Å². The van der Waals surface area contributed by atoms with Gasteiger partial charge in [-0.1, -0.05) is 0 Å². The van der Waals surface area contributed by atoms with Crippen LogP contribution in [0.5, 0.6) is 0 Å². The summed E-state index contributed by atoms with van der Waals surface area (Å²) >= 11 is 0. The van der Waals surface area contributed by atoms with Crippen molar-refractivity contribution in [3.63, 3.8) is 0 Å². The third kappa shape index (κ3) is 3.35.